The van der Waals surface area contributed by atoms with Crippen molar-refractivity contribution in [3.63, 3.8) is 0 Å². The first-order valence-electron chi connectivity index (χ1n) is 12.8. The summed E-state index contributed by atoms with van der Waals surface area (Å²) >= 11 is 0. The van der Waals surface area contributed by atoms with E-state index < -0.39 is 0 Å². The van der Waals surface area contributed by atoms with E-state index in [1.165, 1.54) is 6.20 Å². The van der Waals surface area contributed by atoms with Gasteiger partial charge in [-0.2, -0.15) is 0 Å². The Kier molecular flexibility index (Phi) is 7.81. The molecule has 37 heavy (non-hydrogen) atoms. The second-order valence-corrected chi connectivity index (χ2v) is 9.33. The minimum absolute atomic E-state index is 0.0463. The lowest BCUT2D eigenvalue weighted by Crippen LogP contribution is -2.55. The Balaban J connectivity index is 1.34. The topological polar surface area (TPSA) is 110 Å². The molecule has 2 N–H and O–H groups in total. The van der Waals surface area contributed by atoms with Crippen molar-refractivity contribution in [3.8, 4) is 0 Å². The zero-order valence-corrected chi connectivity index (χ0v) is 20.9. The van der Waals surface area contributed by atoms with Gasteiger partial charge in [0.2, 0.25) is 0 Å². The highest BCUT2D eigenvalue weighted by Gasteiger charge is 2.28. The van der Waals surface area contributed by atoms with Gasteiger partial charge in [0, 0.05) is 83.4 Å². The number of amides is 4. The number of nitrogens with zero attached hydrogens (tertiary/aromatic N) is 5. The molecule has 11 heteroatoms. The summed E-state index contributed by atoms with van der Waals surface area (Å²) in [4.78, 5) is 50.8. The molecule has 4 amide bonds. The van der Waals surface area contributed by atoms with Gasteiger partial charge in [-0.15, -0.1) is 0 Å². The van der Waals surface area contributed by atoms with E-state index in [4.69, 9.17) is 4.74 Å². The third kappa shape index (κ3) is 5.83. The SMILES string of the molecule is O=C(Nc1cc(C(=O)N2CCNCC2)ccc1N1CCN(C(=O)N2CCOCC2)CC1)c1cccnc1. The van der Waals surface area contributed by atoms with Gasteiger partial charge in [-0.05, 0) is 30.3 Å². The number of nitrogens with one attached hydrogen (secondary N) is 2. The highest BCUT2D eigenvalue weighted by atomic mass is 16.5. The predicted molar refractivity (Wildman–Crippen MR) is 139 cm³/mol. The molecule has 0 aliphatic carbocycles. The standard InChI is InChI=1S/C26H33N7O4/c34-24(21-2-1-5-28-19-21)29-22-18-20(25(35)31-8-6-27-7-9-31)3-4-23(22)30-10-12-32(13-11-30)26(36)33-14-16-37-17-15-33/h1-5,18-19,27H,6-17H2,(H,29,34). The van der Waals surface area contributed by atoms with Crippen molar-refractivity contribution in [2.45, 2.75) is 0 Å². The number of aromatic nitrogens is 1. The lowest BCUT2D eigenvalue weighted by Gasteiger charge is -2.40. The van der Waals surface area contributed by atoms with Crippen molar-refractivity contribution < 1.29 is 19.1 Å². The van der Waals surface area contributed by atoms with E-state index in [-0.39, 0.29) is 17.8 Å². The maximum Gasteiger partial charge on any atom is 0.320 e. The number of morpholine rings is 1. The first kappa shape index (κ1) is 25.0. The van der Waals surface area contributed by atoms with Crippen LogP contribution in [-0.4, -0.2) is 116 Å². The minimum Gasteiger partial charge on any atom is -0.378 e. The summed E-state index contributed by atoms with van der Waals surface area (Å²) in [6.45, 7) is 7.61. The number of carbonyl (C=O) groups is 3. The lowest BCUT2D eigenvalue weighted by molar-refractivity contribution is 0.0428. The van der Waals surface area contributed by atoms with Crippen LogP contribution in [0.2, 0.25) is 0 Å². The third-order valence-electron chi connectivity index (χ3n) is 6.99. The number of hydrogen-bond donors (Lipinski definition) is 2. The maximum atomic E-state index is 13.2. The number of pyridine rings is 1. The molecule has 3 aliphatic heterocycles. The van der Waals surface area contributed by atoms with Crippen LogP contribution in [0.15, 0.2) is 42.7 Å². The number of rotatable bonds is 4. The average Bonchev–Trinajstić information content (AvgIpc) is 2.98. The van der Waals surface area contributed by atoms with Crippen LogP contribution in [0.1, 0.15) is 20.7 Å². The summed E-state index contributed by atoms with van der Waals surface area (Å²) in [6.07, 6.45) is 3.13. The molecule has 5 rings (SSSR count). The zero-order chi connectivity index (χ0) is 25.6. The van der Waals surface area contributed by atoms with Gasteiger partial charge in [0.05, 0.1) is 30.2 Å². The molecule has 3 aliphatic rings. The van der Waals surface area contributed by atoms with Gasteiger partial charge in [0.25, 0.3) is 11.8 Å². The molecule has 1 aromatic heterocycles. The Bertz CT molecular complexity index is 1110. The van der Waals surface area contributed by atoms with Gasteiger partial charge in [-0.3, -0.25) is 14.6 Å². The number of anilines is 2. The number of carbonyl (C=O) groups excluding carboxylic acids is 3. The van der Waals surface area contributed by atoms with E-state index in [9.17, 15) is 14.4 Å². The normalized spacial score (nSPS) is 18.5. The second kappa shape index (κ2) is 11.6. The van der Waals surface area contributed by atoms with Gasteiger partial charge >= 0.3 is 6.03 Å². The van der Waals surface area contributed by atoms with Crippen molar-refractivity contribution in [2.24, 2.45) is 0 Å². The van der Waals surface area contributed by atoms with Crippen LogP contribution in [0, 0.1) is 0 Å². The van der Waals surface area contributed by atoms with Crippen LogP contribution in [0.25, 0.3) is 0 Å². The summed E-state index contributed by atoms with van der Waals surface area (Å²) < 4.78 is 5.36. The number of ether oxygens (including phenoxy) is 1. The van der Waals surface area contributed by atoms with Gasteiger partial charge < -0.3 is 35.0 Å². The highest BCUT2D eigenvalue weighted by Crippen LogP contribution is 2.30. The molecule has 1 aromatic carbocycles. The summed E-state index contributed by atoms with van der Waals surface area (Å²) in [5.41, 5.74) is 2.37. The second-order valence-electron chi connectivity index (χ2n) is 9.33. The fourth-order valence-electron chi connectivity index (χ4n) is 4.88. The van der Waals surface area contributed by atoms with E-state index in [2.05, 4.69) is 20.5 Å². The number of hydrogen-bond acceptors (Lipinski definition) is 7. The van der Waals surface area contributed by atoms with Crippen molar-refractivity contribution in [3.05, 3.63) is 53.9 Å². The van der Waals surface area contributed by atoms with Crippen molar-refractivity contribution in [1.29, 1.82) is 0 Å². The monoisotopic (exact) mass is 507 g/mol. The molecular formula is C26H33N7O4. The Morgan fingerprint density at radius 3 is 2.27 bits per heavy atom. The fourth-order valence-corrected chi connectivity index (χ4v) is 4.88. The van der Waals surface area contributed by atoms with E-state index in [0.29, 0.717) is 82.4 Å². The fraction of sp³-hybridized carbons (Fsp3) is 0.462. The smallest absolute Gasteiger partial charge is 0.320 e. The van der Waals surface area contributed by atoms with Crippen LogP contribution < -0.4 is 15.5 Å². The summed E-state index contributed by atoms with van der Waals surface area (Å²) in [7, 11) is 0. The molecule has 2 aromatic rings. The minimum atomic E-state index is -0.290. The molecule has 3 fully saturated rings. The molecule has 0 atom stereocenters. The van der Waals surface area contributed by atoms with E-state index in [1.807, 2.05) is 26.8 Å². The molecule has 0 spiro atoms. The number of urea groups is 1. The van der Waals surface area contributed by atoms with Crippen molar-refractivity contribution in [1.82, 2.24) is 25.0 Å². The van der Waals surface area contributed by atoms with Crippen LogP contribution in [0.3, 0.4) is 0 Å². The largest absolute Gasteiger partial charge is 0.378 e. The molecule has 11 nitrogen and oxygen atoms in total. The molecule has 0 unspecified atom stereocenters. The Hall–Kier alpha value is -3.70. The Morgan fingerprint density at radius 2 is 1.57 bits per heavy atom. The molecule has 4 heterocycles. The third-order valence-corrected chi connectivity index (χ3v) is 6.99. The van der Waals surface area contributed by atoms with Gasteiger partial charge in [0.1, 0.15) is 0 Å². The Labute approximate surface area is 216 Å². The number of piperazine rings is 2. The summed E-state index contributed by atoms with van der Waals surface area (Å²) in [6, 6.07) is 8.95. The first-order chi connectivity index (χ1) is 18.1. The van der Waals surface area contributed by atoms with E-state index in [1.54, 1.807) is 24.4 Å². The van der Waals surface area contributed by atoms with Gasteiger partial charge in [-0.1, -0.05) is 0 Å². The number of benzene rings is 1. The summed E-state index contributed by atoms with van der Waals surface area (Å²) in [5, 5.41) is 6.26. The van der Waals surface area contributed by atoms with Gasteiger partial charge in [0.15, 0.2) is 0 Å². The molecule has 0 saturated carbocycles. The molecule has 0 bridgehead atoms. The predicted octanol–water partition coefficient (Wildman–Crippen LogP) is 0.954. The maximum absolute atomic E-state index is 13.2. The van der Waals surface area contributed by atoms with Crippen LogP contribution in [0.5, 0.6) is 0 Å². The lowest BCUT2D eigenvalue weighted by atomic mass is 10.1. The van der Waals surface area contributed by atoms with E-state index >= 15 is 0 Å². The van der Waals surface area contributed by atoms with Gasteiger partial charge in [-0.25, -0.2) is 4.79 Å². The Morgan fingerprint density at radius 1 is 0.838 bits per heavy atom. The molecule has 196 valence electrons. The zero-order valence-electron chi connectivity index (χ0n) is 20.9. The molecule has 0 radical (unpaired) electrons. The average molecular weight is 508 g/mol. The van der Waals surface area contributed by atoms with Crippen LogP contribution in [-0.2, 0) is 4.74 Å². The highest BCUT2D eigenvalue weighted by molar-refractivity contribution is 6.07. The quantitative estimate of drug-likeness (QED) is 0.634. The van der Waals surface area contributed by atoms with E-state index in [0.717, 1.165) is 18.8 Å². The molecule has 3 saturated heterocycles. The van der Waals surface area contributed by atoms with Crippen molar-refractivity contribution in [2.75, 3.05) is 88.9 Å². The van der Waals surface area contributed by atoms with Crippen molar-refractivity contribution >= 4 is 29.2 Å². The van der Waals surface area contributed by atoms with Crippen LogP contribution >= 0.6 is 0 Å². The molecular weight excluding hydrogens is 474 g/mol. The first-order valence-corrected chi connectivity index (χ1v) is 12.8. The van der Waals surface area contributed by atoms with Crippen LogP contribution in [0.4, 0.5) is 16.2 Å². The summed E-state index contributed by atoms with van der Waals surface area (Å²) in [5.74, 6) is -0.340.